The Bertz CT molecular complexity index is 878. The number of benzene rings is 2. The second-order valence-corrected chi connectivity index (χ2v) is 6.33. The predicted octanol–water partition coefficient (Wildman–Crippen LogP) is 3.74. The van der Waals surface area contributed by atoms with E-state index in [1.807, 2.05) is 0 Å². The summed E-state index contributed by atoms with van der Waals surface area (Å²) in [6, 6.07) is 10.4. The van der Waals surface area contributed by atoms with Crippen molar-refractivity contribution in [3.05, 3.63) is 68.7 Å². The van der Waals surface area contributed by atoms with E-state index in [1.54, 1.807) is 29.2 Å². The highest BCUT2D eigenvalue weighted by atomic mass is 35.5. The molecular weight excluding hydrogens is 358 g/mol. The molecule has 134 valence electrons. The van der Waals surface area contributed by atoms with Crippen molar-refractivity contribution < 1.29 is 14.5 Å². The van der Waals surface area contributed by atoms with Crippen molar-refractivity contribution in [3.8, 4) is 0 Å². The number of nitrogens with zero attached hydrogens (tertiary/aromatic N) is 2. The number of non-ortho nitro benzene ring substituents is 1. The zero-order valence-corrected chi connectivity index (χ0v) is 14.5. The summed E-state index contributed by atoms with van der Waals surface area (Å²) in [7, 11) is 0. The minimum atomic E-state index is -0.586. The van der Waals surface area contributed by atoms with E-state index >= 15 is 0 Å². The van der Waals surface area contributed by atoms with Crippen molar-refractivity contribution in [2.75, 3.05) is 18.4 Å². The number of carbonyl (C=O) groups is 2. The average molecular weight is 374 g/mol. The predicted molar refractivity (Wildman–Crippen MR) is 97.6 cm³/mol. The number of nitrogens with one attached hydrogen (secondary N) is 1. The van der Waals surface area contributed by atoms with Gasteiger partial charge < -0.3 is 10.2 Å². The summed E-state index contributed by atoms with van der Waals surface area (Å²) in [6.07, 6.45) is 1.94. The Morgan fingerprint density at radius 3 is 2.42 bits per heavy atom. The number of carbonyl (C=O) groups excluding carboxylic acids is 2. The number of hydrogen-bond acceptors (Lipinski definition) is 4. The highest BCUT2D eigenvalue weighted by Gasteiger charge is 2.23. The lowest BCUT2D eigenvalue weighted by molar-refractivity contribution is -0.384. The molecule has 1 aliphatic heterocycles. The van der Waals surface area contributed by atoms with Crippen LogP contribution in [-0.4, -0.2) is 34.7 Å². The van der Waals surface area contributed by atoms with Crippen LogP contribution in [0.3, 0.4) is 0 Å². The highest BCUT2D eigenvalue weighted by Crippen LogP contribution is 2.25. The first kappa shape index (κ1) is 17.9. The van der Waals surface area contributed by atoms with Gasteiger partial charge in [-0.05, 0) is 31.0 Å². The number of anilines is 1. The first-order valence-corrected chi connectivity index (χ1v) is 8.49. The van der Waals surface area contributed by atoms with E-state index in [0.717, 1.165) is 18.9 Å². The second kappa shape index (κ2) is 7.53. The van der Waals surface area contributed by atoms with Gasteiger partial charge in [-0.3, -0.25) is 19.7 Å². The molecule has 2 aromatic rings. The van der Waals surface area contributed by atoms with Crippen LogP contribution in [-0.2, 0) is 0 Å². The van der Waals surface area contributed by atoms with Gasteiger partial charge in [-0.15, -0.1) is 0 Å². The van der Waals surface area contributed by atoms with Gasteiger partial charge in [-0.2, -0.15) is 0 Å². The Morgan fingerprint density at radius 2 is 1.77 bits per heavy atom. The fraction of sp³-hybridized carbons (Fsp3) is 0.222. The molecule has 1 heterocycles. The first-order valence-electron chi connectivity index (χ1n) is 8.11. The fourth-order valence-electron chi connectivity index (χ4n) is 2.86. The lowest BCUT2D eigenvalue weighted by Gasteiger charge is -2.18. The molecule has 0 spiro atoms. The Morgan fingerprint density at radius 1 is 1.08 bits per heavy atom. The van der Waals surface area contributed by atoms with Gasteiger partial charge in [-0.25, -0.2) is 0 Å². The minimum Gasteiger partial charge on any atom is -0.339 e. The molecule has 0 bridgehead atoms. The zero-order chi connectivity index (χ0) is 18.7. The maximum atomic E-state index is 12.6. The van der Waals surface area contributed by atoms with Crippen LogP contribution < -0.4 is 5.32 Å². The zero-order valence-electron chi connectivity index (χ0n) is 13.8. The van der Waals surface area contributed by atoms with E-state index in [0.29, 0.717) is 24.3 Å². The Hall–Kier alpha value is -2.93. The average Bonchev–Trinajstić information content (AvgIpc) is 3.16. The van der Waals surface area contributed by atoms with E-state index in [-0.39, 0.29) is 22.2 Å². The summed E-state index contributed by atoms with van der Waals surface area (Å²) in [5, 5.41) is 13.4. The molecule has 3 rings (SSSR count). The SMILES string of the molecule is O=C(Nc1ccccc1C(=O)N1CCCC1)c1ccc([N+](=O)[O-])cc1Cl. The molecule has 1 saturated heterocycles. The molecule has 0 saturated carbocycles. The van der Waals surface area contributed by atoms with Crippen molar-refractivity contribution in [1.82, 2.24) is 4.90 Å². The van der Waals surface area contributed by atoms with Crippen LogP contribution in [0.1, 0.15) is 33.6 Å². The third-order valence-electron chi connectivity index (χ3n) is 4.21. The number of amides is 2. The van der Waals surface area contributed by atoms with Crippen molar-refractivity contribution in [2.24, 2.45) is 0 Å². The molecule has 0 unspecified atom stereocenters. The van der Waals surface area contributed by atoms with Gasteiger partial charge >= 0.3 is 0 Å². The molecule has 1 fully saturated rings. The molecule has 2 amide bonds. The summed E-state index contributed by atoms with van der Waals surface area (Å²) in [5.74, 6) is -0.667. The topological polar surface area (TPSA) is 92.6 Å². The maximum absolute atomic E-state index is 12.6. The van der Waals surface area contributed by atoms with Crippen LogP contribution in [0.2, 0.25) is 5.02 Å². The second-order valence-electron chi connectivity index (χ2n) is 5.92. The molecule has 26 heavy (non-hydrogen) atoms. The molecule has 7 nitrogen and oxygen atoms in total. The van der Waals surface area contributed by atoms with Crippen molar-refractivity contribution in [3.63, 3.8) is 0 Å². The van der Waals surface area contributed by atoms with Crippen molar-refractivity contribution in [2.45, 2.75) is 12.8 Å². The van der Waals surface area contributed by atoms with E-state index in [1.165, 1.54) is 12.1 Å². The summed E-state index contributed by atoms with van der Waals surface area (Å²) in [6.45, 7) is 1.41. The summed E-state index contributed by atoms with van der Waals surface area (Å²) in [4.78, 5) is 37.1. The van der Waals surface area contributed by atoms with Gasteiger partial charge in [0.05, 0.1) is 26.8 Å². The first-order chi connectivity index (χ1) is 12.5. The number of rotatable bonds is 4. The van der Waals surface area contributed by atoms with Crippen molar-refractivity contribution >= 4 is 34.8 Å². The monoisotopic (exact) mass is 373 g/mol. The molecule has 8 heteroatoms. The maximum Gasteiger partial charge on any atom is 0.270 e. The summed E-state index contributed by atoms with van der Waals surface area (Å²) >= 11 is 6.00. The van der Waals surface area contributed by atoms with E-state index in [9.17, 15) is 19.7 Å². The number of nitro benzene ring substituents is 1. The summed E-state index contributed by atoms with van der Waals surface area (Å²) < 4.78 is 0. The molecule has 0 aliphatic carbocycles. The van der Waals surface area contributed by atoms with Gasteiger partial charge in [0.2, 0.25) is 0 Å². The van der Waals surface area contributed by atoms with Gasteiger partial charge in [0.1, 0.15) is 0 Å². The molecule has 1 N–H and O–H groups in total. The molecule has 1 aliphatic rings. The van der Waals surface area contributed by atoms with Gasteiger partial charge in [0.25, 0.3) is 17.5 Å². The van der Waals surface area contributed by atoms with Crippen molar-refractivity contribution in [1.29, 1.82) is 0 Å². The number of halogens is 1. The van der Waals surface area contributed by atoms with E-state index < -0.39 is 10.8 Å². The van der Waals surface area contributed by atoms with Gasteiger partial charge in [-0.1, -0.05) is 23.7 Å². The quantitative estimate of drug-likeness (QED) is 0.652. The Labute approximate surface area is 154 Å². The van der Waals surface area contributed by atoms with Crippen LogP contribution in [0.4, 0.5) is 11.4 Å². The third-order valence-corrected chi connectivity index (χ3v) is 4.52. The third kappa shape index (κ3) is 3.67. The Balaban J connectivity index is 1.84. The van der Waals surface area contributed by atoms with Gasteiger partial charge in [0, 0.05) is 25.2 Å². The fourth-order valence-corrected chi connectivity index (χ4v) is 3.12. The lowest BCUT2D eigenvalue weighted by atomic mass is 10.1. The standard InChI is InChI=1S/C18H16ClN3O4/c19-15-11-12(22(25)26)7-8-13(15)17(23)20-16-6-2-1-5-14(16)18(24)21-9-3-4-10-21/h1-2,5-8,11H,3-4,9-10H2,(H,20,23). The van der Waals surface area contributed by atoms with Crippen LogP contribution in [0.25, 0.3) is 0 Å². The molecule has 0 radical (unpaired) electrons. The molecule has 0 atom stereocenters. The van der Waals surface area contributed by atoms with Gasteiger partial charge in [0.15, 0.2) is 0 Å². The molecule has 2 aromatic carbocycles. The van der Waals surface area contributed by atoms with E-state index in [4.69, 9.17) is 11.6 Å². The number of para-hydroxylation sites is 1. The van der Waals surface area contributed by atoms with E-state index in [2.05, 4.69) is 5.32 Å². The molecule has 0 aromatic heterocycles. The van der Waals surface area contributed by atoms with Crippen LogP contribution in [0.5, 0.6) is 0 Å². The highest BCUT2D eigenvalue weighted by molar-refractivity contribution is 6.34. The largest absolute Gasteiger partial charge is 0.339 e. The minimum absolute atomic E-state index is 0.0277. The smallest absolute Gasteiger partial charge is 0.270 e. The Kier molecular flexibility index (Phi) is 5.18. The summed E-state index contributed by atoms with van der Waals surface area (Å²) in [5.41, 5.74) is 0.682. The van der Waals surface area contributed by atoms with Crippen LogP contribution >= 0.6 is 11.6 Å². The number of likely N-dealkylation sites (tertiary alicyclic amines) is 1. The van der Waals surface area contributed by atoms with Crippen LogP contribution in [0.15, 0.2) is 42.5 Å². The lowest BCUT2D eigenvalue weighted by Crippen LogP contribution is -2.28. The number of hydrogen-bond donors (Lipinski definition) is 1. The normalized spacial score (nSPS) is 13.5. The molecular formula is C18H16ClN3O4. The van der Waals surface area contributed by atoms with Crippen LogP contribution in [0, 0.1) is 10.1 Å². The number of nitro groups is 1.